The fourth-order valence-electron chi connectivity index (χ4n) is 2.34. The van der Waals surface area contributed by atoms with E-state index in [1.165, 1.54) is 11.1 Å². The third kappa shape index (κ3) is 5.93. The van der Waals surface area contributed by atoms with Crippen LogP contribution in [0.3, 0.4) is 0 Å². The van der Waals surface area contributed by atoms with E-state index < -0.39 is 0 Å². The molecule has 0 aliphatic carbocycles. The number of guanidine groups is 1. The molecule has 0 amide bonds. The highest BCUT2D eigenvalue weighted by molar-refractivity contribution is 14.0. The van der Waals surface area contributed by atoms with Crippen molar-refractivity contribution in [2.24, 2.45) is 4.99 Å². The highest BCUT2D eigenvalue weighted by atomic mass is 127. The van der Waals surface area contributed by atoms with Gasteiger partial charge in [-0.2, -0.15) is 0 Å². The molecule has 132 valence electrons. The molecule has 7 heteroatoms. The molecule has 0 saturated carbocycles. The van der Waals surface area contributed by atoms with E-state index in [1.54, 1.807) is 19.5 Å². The fourth-order valence-corrected chi connectivity index (χ4v) is 2.34. The predicted octanol–water partition coefficient (Wildman–Crippen LogP) is 3.01. The molecule has 3 aromatic rings. The van der Waals surface area contributed by atoms with Gasteiger partial charge in [0.25, 0.3) is 0 Å². The summed E-state index contributed by atoms with van der Waals surface area (Å²) >= 11 is 0. The Morgan fingerprint density at radius 2 is 1.88 bits per heavy atom. The van der Waals surface area contributed by atoms with Gasteiger partial charge in [-0.25, -0.2) is 4.98 Å². The Bertz CT molecular complexity index is 751. The van der Waals surface area contributed by atoms with Crippen LogP contribution in [0.4, 0.5) is 0 Å². The lowest BCUT2D eigenvalue weighted by Gasteiger charge is -2.11. The molecule has 0 aliphatic heterocycles. The van der Waals surface area contributed by atoms with Gasteiger partial charge >= 0.3 is 0 Å². The zero-order valence-electron chi connectivity index (χ0n) is 14.1. The first-order chi connectivity index (χ1) is 11.8. The summed E-state index contributed by atoms with van der Waals surface area (Å²) in [6.07, 6.45) is 7.24. The number of halogens is 1. The molecule has 0 aliphatic rings. The predicted molar refractivity (Wildman–Crippen MR) is 109 cm³/mol. The van der Waals surface area contributed by atoms with Crippen LogP contribution in [-0.4, -0.2) is 22.6 Å². The minimum absolute atomic E-state index is 0. The van der Waals surface area contributed by atoms with Gasteiger partial charge in [-0.3, -0.25) is 4.99 Å². The van der Waals surface area contributed by atoms with E-state index in [9.17, 15) is 0 Å². The Balaban J connectivity index is 0.00000225. The molecule has 0 unspecified atom stereocenters. The maximum absolute atomic E-state index is 5.30. The van der Waals surface area contributed by atoms with Crippen molar-refractivity contribution in [1.29, 1.82) is 0 Å². The van der Waals surface area contributed by atoms with Crippen molar-refractivity contribution in [2.75, 3.05) is 7.05 Å². The molecule has 2 heterocycles. The zero-order valence-corrected chi connectivity index (χ0v) is 16.4. The van der Waals surface area contributed by atoms with Crippen LogP contribution in [0, 0.1) is 0 Å². The minimum atomic E-state index is 0. The van der Waals surface area contributed by atoms with Crippen LogP contribution in [0.2, 0.25) is 0 Å². The standard InChI is InChI=1S/C18H21N5O.HI/c1-19-18(22-12-17-3-2-10-24-17)21-11-15-4-6-16(7-5-15)13-23-9-8-20-14-23;/h2-10,14H,11-13H2,1H3,(H2,19,21,22);1H. The Kier molecular flexibility index (Phi) is 7.52. The first-order valence-corrected chi connectivity index (χ1v) is 7.84. The minimum Gasteiger partial charge on any atom is -0.467 e. The monoisotopic (exact) mass is 451 g/mol. The molecule has 0 saturated heterocycles. The van der Waals surface area contributed by atoms with Crippen LogP contribution < -0.4 is 10.6 Å². The number of nitrogens with zero attached hydrogens (tertiary/aromatic N) is 3. The van der Waals surface area contributed by atoms with Crippen molar-refractivity contribution < 1.29 is 4.42 Å². The van der Waals surface area contributed by atoms with Crippen molar-refractivity contribution in [2.45, 2.75) is 19.6 Å². The van der Waals surface area contributed by atoms with E-state index in [2.05, 4.69) is 44.9 Å². The topological polar surface area (TPSA) is 67.4 Å². The van der Waals surface area contributed by atoms with E-state index in [-0.39, 0.29) is 24.0 Å². The molecule has 2 N–H and O–H groups in total. The summed E-state index contributed by atoms with van der Waals surface area (Å²) in [6, 6.07) is 12.3. The van der Waals surface area contributed by atoms with Gasteiger partial charge in [0, 0.05) is 32.5 Å². The molecule has 0 spiro atoms. The Morgan fingerprint density at radius 1 is 1.12 bits per heavy atom. The number of hydrogen-bond acceptors (Lipinski definition) is 3. The van der Waals surface area contributed by atoms with Crippen LogP contribution in [0.1, 0.15) is 16.9 Å². The van der Waals surface area contributed by atoms with Gasteiger partial charge in [-0.1, -0.05) is 24.3 Å². The second kappa shape index (κ2) is 9.87. The van der Waals surface area contributed by atoms with Crippen molar-refractivity contribution in [3.8, 4) is 0 Å². The summed E-state index contributed by atoms with van der Waals surface area (Å²) in [5.41, 5.74) is 2.45. The Morgan fingerprint density at radius 3 is 2.52 bits per heavy atom. The average molecular weight is 451 g/mol. The number of hydrogen-bond donors (Lipinski definition) is 2. The van der Waals surface area contributed by atoms with Crippen LogP contribution in [0.5, 0.6) is 0 Å². The molecule has 2 aromatic heterocycles. The van der Waals surface area contributed by atoms with Gasteiger partial charge in [0.2, 0.25) is 0 Å². The van der Waals surface area contributed by atoms with Crippen molar-refractivity contribution in [1.82, 2.24) is 20.2 Å². The van der Waals surface area contributed by atoms with Crippen LogP contribution in [-0.2, 0) is 19.6 Å². The number of furan rings is 1. The van der Waals surface area contributed by atoms with E-state index in [4.69, 9.17) is 4.42 Å². The summed E-state index contributed by atoms with van der Waals surface area (Å²) in [6.45, 7) is 2.15. The quantitative estimate of drug-likeness (QED) is 0.344. The maximum atomic E-state index is 5.30. The van der Waals surface area contributed by atoms with Gasteiger partial charge in [-0.05, 0) is 23.3 Å². The number of rotatable bonds is 6. The van der Waals surface area contributed by atoms with Crippen LogP contribution in [0.25, 0.3) is 0 Å². The second-order valence-electron chi connectivity index (χ2n) is 5.41. The summed E-state index contributed by atoms with van der Waals surface area (Å²) in [7, 11) is 1.76. The lowest BCUT2D eigenvalue weighted by molar-refractivity contribution is 0.501. The molecule has 1 aromatic carbocycles. The summed E-state index contributed by atoms with van der Waals surface area (Å²) in [4.78, 5) is 8.27. The van der Waals surface area contributed by atoms with Crippen LogP contribution >= 0.6 is 24.0 Å². The van der Waals surface area contributed by atoms with Gasteiger partial charge < -0.3 is 19.6 Å². The first-order valence-electron chi connectivity index (χ1n) is 7.84. The molecule has 25 heavy (non-hydrogen) atoms. The van der Waals surface area contributed by atoms with E-state index >= 15 is 0 Å². The molecule has 3 rings (SSSR count). The molecule has 0 bridgehead atoms. The molecule has 0 atom stereocenters. The molecular formula is C18H22IN5O. The van der Waals surface area contributed by atoms with Gasteiger partial charge in [0.1, 0.15) is 5.76 Å². The largest absolute Gasteiger partial charge is 0.467 e. The highest BCUT2D eigenvalue weighted by Gasteiger charge is 2.01. The lowest BCUT2D eigenvalue weighted by atomic mass is 10.1. The Hall–Kier alpha value is -2.29. The summed E-state index contributed by atoms with van der Waals surface area (Å²) in [5.74, 6) is 1.62. The first kappa shape index (κ1) is 19.0. The van der Waals surface area contributed by atoms with Crippen molar-refractivity contribution in [3.05, 3.63) is 78.3 Å². The van der Waals surface area contributed by atoms with E-state index in [0.29, 0.717) is 13.1 Å². The number of imidazole rings is 1. The van der Waals surface area contributed by atoms with Crippen LogP contribution in [0.15, 0.2) is 70.8 Å². The fraction of sp³-hybridized carbons (Fsp3) is 0.222. The number of aliphatic imine (C=N–C) groups is 1. The molecule has 0 fully saturated rings. The molecule has 0 radical (unpaired) electrons. The average Bonchev–Trinajstić information content (AvgIpc) is 3.30. The number of benzene rings is 1. The number of nitrogens with one attached hydrogen (secondary N) is 2. The third-order valence-electron chi connectivity index (χ3n) is 3.64. The zero-order chi connectivity index (χ0) is 16.6. The smallest absolute Gasteiger partial charge is 0.191 e. The normalized spacial score (nSPS) is 11.0. The molecule has 6 nitrogen and oxygen atoms in total. The Labute approximate surface area is 164 Å². The van der Waals surface area contributed by atoms with E-state index in [0.717, 1.165) is 18.3 Å². The van der Waals surface area contributed by atoms with Gasteiger partial charge in [0.05, 0.1) is 19.1 Å². The lowest BCUT2D eigenvalue weighted by Crippen LogP contribution is -2.36. The van der Waals surface area contributed by atoms with E-state index in [1.807, 2.05) is 29.2 Å². The summed E-state index contributed by atoms with van der Waals surface area (Å²) in [5, 5.41) is 6.51. The maximum Gasteiger partial charge on any atom is 0.191 e. The second-order valence-corrected chi connectivity index (χ2v) is 5.41. The van der Waals surface area contributed by atoms with Gasteiger partial charge in [0.15, 0.2) is 5.96 Å². The van der Waals surface area contributed by atoms with Crippen molar-refractivity contribution in [3.63, 3.8) is 0 Å². The molecular weight excluding hydrogens is 429 g/mol. The third-order valence-corrected chi connectivity index (χ3v) is 3.64. The number of aromatic nitrogens is 2. The highest BCUT2D eigenvalue weighted by Crippen LogP contribution is 2.06. The van der Waals surface area contributed by atoms with Crippen molar-refractivity contribution >= 4 is 29.9 Å². The SMILES string of the molecule is CN=C(NCc1ccc(Cn2ccnc2)cc1)NCc1ccco1.I. The summed E-state index contributed by atoms with van der Waals surface area (Å²) < 4.78 is 7.34. The van der Waals surface area contributed by atoms with Gasteiger partial charge in [-0.15, -0.1) is 24.0 Å².